The highest BCUT2D eigenvalue weighted by molar-refractivity contribution is 5.85. The van der Waals surface area contributed by atoms with E-state index in [0.29, 0.717) is 5.56 Å². The molecule has 1 N–H and O–H groups in total. The Hall–Kier alpha value is -1.82. The third kappa shape index (κ3) is 1.47. The molecular weight excluding hydrogens is 176 g/mol. The summed E-state index contributed by atoms with van der Waals surface area (Å²) in [6.07, 6.45) is 0.852. The smallest absolute Gasteiger partial charge is 0.227 e. The number of carbonyl (C=O) groups is 1. The SMILES string of the molecule is N#Cc1ccc(C2CCNC2=O)cc1. The van der Waals surface area contributed by atoms with Gasteiger partial charge in [0.25, 0.3) is 0 Å². The van der Waals surface area contributed by atoms with Crippen LogP contribution in [-0.4, -0.2) is 12.5 Å². The highest BCUT2D eigenvalue weighted by Crippen LogP contribution is 2.23. The van der Waals surface area contributed by atoms with Crippen molar-refractivity contribution < 1.29 is 4.79 Å². The van der Waals surface area contributed by atoms with Crippen LogP contribution in [0.15, 0.2) is 24.3 Å². The molecule has 0 radical (unpaired) electrons. The first-order chi connectivity index (χ1) is 6.81. The molecule has 2 rings (SSSR count). The van der Waals surface area contributed by atoms with Crippen LogP contribution >= 0.6 is 0 Å². The highest BCUT2D eigenvalue weighted by atomic mass is 16.2. The second-order valence-electron chi connectivity index (χ2n) is 3.37. The Kier molecular flexibility index (Phi) is 2.19. The summed E-state index contributed by atoms with van der Waals surface area (Å²) in [7, 11) is 0. The van der Waals surface area contributed by atoms with Crippen molar-refractivity contribution in [3.05, 3.63) is 35.4 Å². The van der Waals surface area contributed by atoms with Gasteiger partial charge in [-0.2, -0.15) is 5.26 Å². The molecule has 1 amide bonds. The molecule has 1 heterocycles. The van der Waals surface area contributed by atoms with E-state index in [1.807, 2.05) is 12.1 Å². The summed E-state index contributed by atoms with van der Waals surface area (Å²) in [5.74, 6) is 0.0671. The third-order valence-electron chi connectivity index (χ3n) is 2.49. The van der Waals surface area contributed by atoms with Gasteiger partial charge in [-0.1, -0.05) is 12.1 Å². The topological polar surface area (TPSA) is 52.9 Å². The van der Waals surface area contributed by atoms with Crippen LogP contribution in [-0.2, 0) is 4.79 Å². The van der Waals surface area contributed by atoms with E-state index in [-0.39, 0.29) is 11.8 Å². The molecule has 1 atom stereocenters. The minimum atomic E-state index is -0.0252. The zero-order chi connectivity index (χ0) is 9.97. The molecule has 1 aliphatic rings. The Bertz CT molecular complexity index is 389. The van der Waals surface area contributed by atoms with Gasteiger partial charge in [-0.3, -0.25) is 4.79 Å². The molecule has 0 aromatic heterocycles. The summed E-state index contributed by atoms with van der Waals surface area (Å²) in [6, 6.07) is 9.27. The van der Waals surface area contributed by atoms with Crippen LogP contribution < -0.4 is 5.32 Å². The van der Waals surface area contributed by atoms with Gasteiger partial charge in [0.1, 0.15) is 0 Å². The van der Waals surface area contributed by atoms with Gasteiger partial charge in [0.2, 0.25) is 5.91 Å². The summed E-state index contributed by atoms with van der Waals surface area (Å²) in [5, 5.41) is 11.4. The van der Waals surface area contributed by atoms with Gasteiger partial charge in [0, 0.05) is 6.54 Å². The van der Waals surface area contributed by atoms with Crippen LogP contribution in [0.3, 0.4) is 0 Å². The number of nitriles is 1. The van der Waals surface area contributed by atoms with E-state index < -0.39 is 0 Å². The minimum absolute atomic E-state index is 0.0252. The van der Waals surface area contributed by atoms with E-state index >= 15 is 0 Å². The quantitative estimate of drug-likeness (QED) is 0.715. The van der Waals surface area contributed by atoms with Gasteiger partial charge in [-0.05, 0) is 24.1 Å². The van der Waals surface area contributed by atoms with E-state index in [0.717, 1.165) is 18.5 Å². The minimum Gasteiger partial charge on any atom is -0.356 e. The molecule has 1 aromatic carbocycles. The average molecular weight is 186 g/mol. The Labute approximate surface area is 82.4 Å². The summed E-state index contributed by atoms with van der Waals surface area (Å²) < 4.78 is 0. The maximum atomic E-state index is 11.4. The molecule has 0 spiro atoms. The van der Waals surface area contributed by atoms with Gasteiger partial charge in [-0.25, -0.2) is 0 Å². The molecule has 0 aliphatic carbocycles. The predicted molar refractivity (Wildman–Crippen MR) is 51.5 cm³/mol. The number of hydrogen-bond donors (Lipinski definition) is 1. The van der Waals surface area contributed by atoms with Crippen molar-refractivity contribution in [2.75, 3.05) is 6.54 Å². The monoisotopic (exact) mass is 186 g/mol. The van der Waals surface area contributed by atoms with Gasteiger partial charge in [-0.15, -0.1) is 0 Å². The molecule has 1 unspecified atom stereocenters. The normalized spacial score (nSPS) is 20.2. The number of carbonyl (C=O) groups excluding carboxylic acids is 1. The number of nitrogens with one attached hydrogen (secondary N) is 1. The van der Waals surface area contributed by atoms with Crippen molar-refractivity contribution in [1.82, 2.24) is 5.32 Å². The Balaban J connectivity index is 2.25. The first-order valence-electron chi connectivity index (χ1n) is 4.59. The van der Waals surface area contributed by atoms with Crippen molar-refractivity contribution in [3.8, 4) is 6.07 Å². The van der Waals surface area contributed by atoms with Gasteiger partial charge in [0.05, 0.1) is 17.6 Å². The fraction of sp³-hybridized carbons (Fsp3) is 0.273. The number of amides is 1. The van der Waals surface area contributed by atoms with Crippen molar-refractivity contribution >= 4 is 5.91 Å². The molecule has 0 saturated carbocycles. The molecule has 1 saturated heterocycles. The second-order valence-corrected chi connectivity index (χ2v) is 3.37. The number of rotatable bonds is 1. The molecule has 1 fully saturated rings. The third-order valence-corrected chi connectivity index (χ3v) is 2.49. The standard InChI is InChI=1S/C11H10N2O/c12-7-8-1-3-9(4-2-8)10-5-6-13-11(10)14/h1-4,10H,5-6H2,(H,13,14). The molecule has 14 heavy (non-hydrogen) atoms. The van der Waals surface area contributed by atoms with Crippen LogP contribution in [0.2, 0.25) is 0 Å². The fourth-order valence-electron chi connectivity index (χ4n) is 1.70. The van der Waals surface area contributed by atoms with E-state index in [1.54, 1.807) is 12.1 Å². The van der Waals surface area contributed by atoms with Crippen LogP contribution in [0.4, 0.5) is 0 Å². The molecule has 3 nitrogen and oxygen atoms in total. The van der Waals surface area contributed by atoms with Crippen LogP contribution in [0.5, 0.6) is 0 Å². The lowest BCUT2D eigenvalue weighted by Gasteiger charge is -2.06. The number of nitrogens with zero attached hydrogens (tertiary/aromatic N) is 1. The zero-order valence-electron chi connectivity index (χ0n) is 7.66. The Morgan fingerprint density at radius 3 is 2.57 bits per heavy atom. The predicted octanol–water partition coefficient (Wildman–Crippen LogP) is 1.16. The van der Waals surface area contributed by atoms with E-state index in [2.05, 4.69) is 11.4 Å². The number of hydrogen-bond acceptors (Lipinski definition) is 2. The Morgan fingerprint density at radius 1 is 1.36 bits per heavy atom. The summed E-state index contributed by atoms with van der Waals surface area (Å²) in [6.45, 7) is 0.753. The van der Waals surface area contributed by atoms with E-state index in [9.17, 15) is 4.79 Å². The van der Waals surface area contributed by atoms with Crippen molar-refractivity contribution in [1.29, 1.82) is 5.26 Å². The van der Waals surface area contributed by atoms with Gasteiger partial charge >= 0.3 is 0 Å². The first kappa shape index (κ1) is 8.76. The van der Waals surface area contributed by atoms with E-state index in [1.165, 1.54) is 0 Å². The summed E-state index contributed by atoms with van der Waals surface area (Å²) >= 11 is 0. The summed E-state index contributed by atoms with van der Waals surface area (Å²) in [4.78, 5) is 11.4. The van der Waals surface area contributed by atoms with Crippen LogP contribution in [0.1, 0.15) is 23.5 Å². The van der Waals surface area contributed by atoms with Crippen molar-refractivity contribution in [3.63, 3.8) is 0 Å². The number of benzene rings is 1. The molecule has 3 heteroatoms. The molecule has 1 aliphatic heterocycles. The maximum Gasteiger partial charge on any atom is 0.227 e. The lowest BCUT2D eigenvalue weighted by atomic mass is 9.97. The van der Waals surface area contributed by atoms with Crippen LogP contribution in [0.25, 0.3) is 0 Å². The van der Waals surface area contributed by atoms with Crippen molar-refractivity contribution in [2.24, 2.45) is 0 Å². The van der Waals surface area contributed by atoms with Crippen LogP contribution in [0, 0.1) is 11.3 Å². The first-order valence-corrected chi connectivity index (χ1v) is 4.59. The van der Waals surface area contributed by atoms with Gasteiger partial charge in [0.15, 0.2) is 0 Å². The fourth-order valence-corrected chi connectivity index (χ4v) is 1.70. The Morgan fingerprint density at radius 2 is 2.07 bits per heavy atom. The highest BCUT2D eigenvalue weighted by Gasteiger charge is 2.25. The largest absolute Gasteiger partial charge is 0.356 e. The molecular formula is C11H10N2O. The summed E-state index contributed by atoms with van der Waals surface area (Å²) in [5.41, 5.74) is 1.63. The molecule has 1 aromatic rings. The van der Waals surface area contributed by atoms with Gasteiger partial charge < -0.3 is 5.32 Å². The maximum absolute atomic E-state index is 11.4. The lowest BCUT2D eigenvalue weighted by Crippen LogP contribution is -2.17. The van der Waals surface area contributed by atoms with E-state index in [4.69, 9.17) is 5.26 Å². The zero-order valence-corrected chi connectivity index (χ0v) is 7.66. The molecule has 0 bridgehead atoms. The lowest BCUT2D eigenvalue weighted by molar-refractivity contribution is -0.120. The molecule has 70 valence electrons. The average Bonchev–Trinajstić information content (AvgIpc) is 2.65. The second kappa shape index (κ2) is 3.51. The van der Waals surface area contributed by atoms with Crippen molar-refractivity contribution in [2.45, 2.75) is 12.3 Å².